The highest BCUT2D eigenvalue weighted by atomic mass is 16.5. The molecule has 0 bridgehead atoms. The molecule has 0 aliphatic rings. The third-order valence-corrected chi connectivity index (χ3v) is 2.31. The minimum Gasteiger partial charge on any atom is -0.383 e. The SMILES string of the molecule is COCCNCC(=O)NCc1cccc(C#N)c1. The fraction of sp³-hybridized carbons (Fsp3) is 0.385. The summed E-state index contributed by atoms with van der Waals surface area (Å²) in [5.74, 6) is -0.0755. The van der Waals surface area contributed by atoms with Crippen LogP contribution in [0.1, 0.15) is 11.1 Å². The second-order valence-corrected chi connectivity index (χ2v) is 3.76. The molecule has 0 radical (unpaired) electrons. The number of nitrogens with zero attached hydrogens (tertiary/aromatic N) is 1. The second-order valence-electron chi connectivity index (χ2n) is 3.76. The number of benzene rings is 1. The molecule has 18 heavy (non-hydrogen) atoms. The van der Waals surface area contributed by atoms with Crippen molar-refractivity contribution in [1.82, 2.24) is 10.6 Å². The van der Waals surface area contributed by atoms with Gasteiger partial charge < -0.3 is 15.4 Å². The maximum atomic E-state index is 11.5. The van der Waals surface area contributed by atoms with Gasteiger partial charge >= 0.3 is 0 Å². The molecule has 0 aliphatic carbocycles. The zero-order valence-corrected chi connectivity index (χ0v) is 10.4. The molecule has 0 atom stereocenters. The van der Waals surface area contributed by atoms with Gasteiger partial charge in [0.15, 0.2) is 0 Å². The Morgan fingerprint density at radius 3 is 3.06 bits per heavy atom. The van der Waals surface area contributed by atoms with Gasteiger partial charge in [0.25, 0.3) is 0 Å². The van der Waals surface area contributed by atoms with Crippen LogP contribution >= 0.6 is 0 Å². The molecule has 1 rings (SSSR count). The molecule has 2 N–H and O–H groups in total. The van der Waals surface area contributed by atoms with Crippen molar-refractivity contribution in [3.63, 3.8) is 0 Å². The number of rotatable bonds is 7. The zero-order chi connectivity index (χ0) is 13.2. The molecule has 1 aromatic carbocycles. The molecule has 0 fully saturated rings. The Kier molecular flexibility index (Phi) is 6.47. The smallest absolute Gasteiger partial charge is 0.234 e. The Bertz CT molecular complexity index is 426. The number of ether oxygens (including phenoxy) is 1. The van der Waals surface area contributed by atoms with Gasteiger partial charge in [0.05, 0.1) is 24.8 Å². The maximum absolute atomic E-state index is 11.5. The minimum absolute atomic E-state index is 0.0755. The van der Waals surface area contributed by atoms with Crippen molar-refractivity contribution >= 4 is 5.91 Å². The molecule has 0 aromatic heterocycles. The predicted molar refractivity (Wildman–Crippen MR) is 67.7 cm³/mol. The van der Waals surface area contributed by atoms with Gasteiger partial charge in [0.1, 0.15) is 0 Å². The average Bonchev–Trinajstić information content (AvgIpc) is 2.41. The van der Waals surface area contributed by atoms with Crippen LogP contribution in [-0.4, -0.2) is 32.7 Å². The predicted octanol–water partition coefficient (Wildman–Crippen LogP) is 0.410. The van der Waals surface area contributed by atoms with Crippen molar-refractivity contribution in [3.8, 4) is 6.07 Å². The van der Waals surface area contributed by atoms with E-state index < -0.39 is 0 Å². The standard InChI is InChI=1S/C13H17N3O2/c1-18-6-5-15-10-13(17)16-9-12-4-2-3-11(7-12)8-14/h2-4,7,15H,5-6,9-10H2,1H3,(H,16,17). The van der Waals surface area contributed by atoms with Crippen molar-refractivity contribution < 1.29 is 9.53 Å². The molecule has 5 heteroatoms. The lowest BCUT2D eigenvalue weighted by Crippen LogP contribution is -2.34. The van der Waals surface area contributed by atoms with Gasteiger partial charge in [-0.05, 0) is 17.7 Å². The number of carbonyl (C=O) groups excluding carboxylic acids is 1. The Morgan fingerprint density at radius 2 is 2.33 bits per heavy atom. The molecule has 5 nitrogen and oxygen atoms in total. The highest BCUT2D eigenvalue weighted by molar-refractivity contribution is 5.77. The summed E-state index contributed by atoms with van der Waals surface area (Å²) in [6.07, 6.45) is 0. The summed E-state index contributed by atoms with van der Waals surface area (Å²) in [4.78, 5) is 11.5. The highest BCUT2D eigenvalue weighted by Crippen LogP contribution is 2.03. The quantitative estimate of drug-likeness (QED) is 0.684. The number of hydrogen-bond acceptors (Lipinski definition) is 4. The van der Waals surface area contributed by atoms with Crippen molar-refractivity contribution in [2.45, 2.75) is 6.54 Å². The van der Waals surface area contributed by atoms with E-state index in [1.165, 1.54) is 0 Å². The van der Waals surface area contributed by atoms with Crippen LogP contribution in [0.2, 0.25) is 0 Å². The van der Waals surface area contributed by atoms with E-state index in [1.807, 2.05) is 6.07 Å². The summed E-state index contributed by atoms with van der Waals surface area (Å²) in [6, 6.07) is 9.24. The first-order valence-electron chi connectivity index (χ1n) is 5.71. The normalized spacial score (nSPS) is 9.78. The van der Waals surface area contributed by atoms with Crippen LogP contribution in [0.15, 0.2) is 24.3 Å². The van der Waals surface area contributed by atoms with Crippen LogP contribution < -0.4 is 10.6 Å². The number of nitrogens with one attached hydrogen (secondary N) is 2. The molecular weight excluding hydrogens is 230 g/mol. The van der Waals surface area contributed by atoms with Crippen molar-refractivity contribution in [2.24, 2.45) is 0 Å². The third kappa shape index (κ3) is 5.43. The van der Waals surface area contributed by atoms with E-state index in [0.29, 0.717) is 25.3 Å². The minimum atomic E-state index is -0.0755. The highest BCUT2D eigenvalue weighted by Gasteiger charge is 2.01. The molecule has 0 spiro atoms. The molecular formula is C13H17N3O2. The maximum Gasteiger partial charge on any atom is 0.234 e. The van der Waals surface area contributed by atoms with Gasteiger partial charge in [-0.3, -0.25) is 4.79 Å². The number of carbonyl (C=O) groups is 1. The number of amides is 1. The Morgan fingerprint density at radius 1 is 1.50 bits per heavy atom. The fourth-order valence-electron chi connectivity index (χ4n) is 1.39. The van der Waals surface area contributed by atoms with Gasteiger partial charge in [-0.2, -0.15) is 5.26 Å². The summed E-state index contributed by atoms with van der Waals surface area (Å²) in [5.41, 5.74) is 1.51. The largest absolute Gasteiger partial charge is 0.383 e. The Labute approximate surface area is 107 Å². The first-order valence-corrected chi connectivity index (χ1v) is 5.71. The molecule has 0 aliphatic heterocycles. The van der Waals surface area contributed by atoms with Crippen LogP contribution in [0.3, 0.4) is 0 Å². The van der Waals surface area contributed by atoms with Gasteiger partial charge in [0, 0.05) is 20.2 Å². The van der Waals surface area contributed by atoms with Gasteiger partial charge in [0.2, 0.25) is 5.91 Å². The van der Waals surface area contributed by atoms with Crippen LogP contribution in [-0.2, 0) is 16.1 Å². The third-order valence-electron chi connectivity index (χ3n) is 2.31. The zero-order valence-electron chi connectivity index (χ0n) is 10.4. The van der Waals surface area contributed by atoms with E-state index >= 15 is 0 Å². The van der Waals surface area contributed by atoms with Crippen molar-refractivity contribution in [3.05, 3.63) is 35.4 Å². The molecule has 1 aromatic rings. The Balaban J connectivity index is 2.27. The van der Waals surface area contributed by atoms with Crippen LogP contribution in [0.5, 0.6) is 0 Å². The van der Waals surface area contributed by atoms with Gasteiger partial charge in [-0.25, -0.2) is 0 Å². The number of nitriles is 1. The molecule has 0 saturated carbocycles. The Hall–Kier alpha value is -1.90. The summed E-state index contributed by atoms with van der Waals surface area (Å²) >= 11 is 0. The lowest BCUT2D eigenvalue weighted by molar-refractivity contribution is -0.120. The molecule has 0 saturated heterocycles. The van der Waals surface area contributed by atoms with E-state index in [9.17, 15) is 4.79 Å². The first kappa shape index (κ1) is 14.2. The summed E-state index contributed by atoms with van der Waals surface area (Å²) in [6.45, 7) is 1.92. The van der Waals surface area contributed by atoms with Crippen LogP contribution in [0.4, 0.5) is 0 Å². The van der Waals surface area contributed by atoms with E-state index in [-0.39, 0.29) is 12.5 Å². The van der Waals surface area contributed by atoms with E-state index in [4.69, 9.17) is 10.00 Å². The van der Waals surface area contributed by atoms with Gasteiger partial charge in [-0.15, -0.1) is 0 Å². The lowest BCUT2D eigenvalue weighted by Gasteiger charge is -2.06. The molecule has 1 amide bonds. The second kappa shape index (κ2) is 8.23. The lowest BCUT2D eigenvalue weighted by atomic mass is 10.1. The molecule has 96 valence electrons. The van der Waals surface area contributed by atoms with Crippen molar-refractivity contribution in [1.29, 1.82) is 5.26 Å². The molecule has 0 heterocycles. The van der Waals surface area contributed by atoms with E-state index in [1.54, 1.807) is 25.3 Å². The van der Waals surface area contributed by atoms with Gasteiger partial charge in [-0.1, -0.05) is 12.1 Å². The van der Waals surface area contributed by atoms with Crippen LogP contribution in [0.25, 0.3) is 0 Å². The van der Waals surface area contributed by atoms with E-state index in [2.05, 4.69) is 16.7 Å². The molecule has 0 unspecified atom stereocenters. The fourth-order valence-corrected chi connectivity index (χ4v) is 1.39. The topological polar surface area (TPSA) is 74.2 Å². The monoisotopic (exact) mass is 247 g/mol. The summed E-state index contributed by atoms with van der Waals surface area (Å²) in [7, 11) is 1.62. The first-order chi connectivity index (χ1) is 8.76. The summed E-state index contributed by atoms with van der Waals surface area (Å²) < 4.78 is 4.85. The van der Waals surface area contributed by atoms with Crippen LogP contribution in [0, 0.1) is 11.3 Å². The number of hydrogen-bond donors (Lipinski definition) is 2. The summed E-state index contributed by atoms with van der Waals surface area (Å²) in [5, 5.41) is 14.5. The van der Waals surface area contributed by atoms with Crippen molar-refractivity contribution in [2.75, 3.05) is 26.8 Å². The average molecular weight is 247 g/mol. The van der Waals surface area contributed by atoms with E-state index in [0.717, 1.165) is 5.56 Å². The number of methoxy groups -OCH3 is 1.